The summed E-state index contributed by atoms with van der Waals surface area (Å²) in [6.45, 7) is 5.10. The summed E-state index contributed by atoms with van der Waals surface area (Å²) in [5.74, 6) is -3.34. The Hall–Kier alpha value is -5.64. The van der Waals surface area contributed by atoms with Crippen LogP contribution >= 0.6 is 0 Å². The van der Waals surface area contributed by atoms with Gasteiger partial charge in [-0.25, -0.2) is 0 Å². The molecule has 0 amide bonds. The number of ether oxygens (including phenoxy) is 9. The first kappa shape index (κ1) is 33.7. The van der Waals surface area contributed by atoms with Crippen molar-refractivity contribution < 1.29 is 71.0 Å². The number of hydrogen-bond donors (Lipinski definition) is 0. The minimum atomic E-state index is -1.46. The van der Waals surface area contributed by atoms with Crippen LogP contribution < -0.4 is 24.4 Å². The number of carbonyl (C=O) groups is 5. The third kappa shape index (κ3) is 7.33. The molecule has 1 saturated heterocycles. The summed E-state index contributed by atoms with van der Waals surface area (Å²) in [7, 11) is 0. The first-order valence-corrected chi connectivity index (χ1v) is 14.5. The summed E-state index contributed by atoms with van der Waals surface area (Å²) in [4.78, 5) is 73.3. The SMILES string of the molecule is CC(=O)OC[C@@H]1O[C@H](Oc2ccc(-c3coc4cc5c(c(OC(C)=O)c4c3=O)OCO5)cc2)[C@@H](OC(C)=O)[C@H](OC(C)=O)[C@H]1OC(C)=O. The van der Waals surface area contributed by atoms with Gasteiger partial charge in [-0.05, 0) is 17.7 Å². The number of benzene rings is 2. The maximum atomic E-state index is 13.7. The highest BCUT2D eigenvalue weighted by atomic mass is 16.7. The van der Waals surface area contributed by atoms with Crippen LogP contribution in [0.4, 0.5) is 0 Å². The zero-order valence-electron chi connectivity index (χ0n) is 26.3. The Balaban J connectivity index is 1.48. The molecule has 5 atom stereocenters. The number of carbonyl (C=O) groups excluding carboxylic acids is 5. The molecule has 1 fully saturated rings. The highest BCUT2D eigenvalue weighted by Gasteiger charge is 2.53. The summed E-state index contributed by atoms with van der Waals surface area (Å²) < 4.78 is 55.1. The smallest absolute Gasteiger partial charge is 0.308 e. The highest BCUT2D eigenvalue weighted by molar-refractivity contribution is 5.93. The molecule has 1 aromatic heterocycles. The van der Waals surface area contributed by atoms with Crippen molar-refractivity contribution in [3.05, 3.63) is 46.8 Å². The van der Waals surface area contributed by atoms with Crippen molar-refractivity contribution >= 4 is 40.8 Å². The third-order valence-electron chi connectivity index (χ3n) is 6.97. The van der Waals surface area contributed by atoms with Crippen molar-refractivity contribution in [2.24, 2.45) is 0 Å². The summed E-state index contributed by atoms with van der Waals surface area (Å²) in [6, 6.07) is 7.45. The van der Waals surface area contributed by atoms with E-state index in [-0.39, 0.29) is 46.3 Å². The van der Waals surface area contributed by atoms with Crippen molar-refractivity contribution in [3.63, 3.8) is 0 Å². The Kier molecular flexibility index (Phi) is 9.84. The molecule has 3 heterocycles. The lowest BCUT2D eigenvalue weighted by Gasteiger charge is -2.43. The Morgan fingerprint density at radius 1 is 0.792 bits per heavy atom. The molecule has 0 spiro atoms. The highest BCUT2D eigenvalue weighted by Crippen LogP contribution is 2.46. The molecule has 0 N–H and O–H groups in total. The maximum Gasteiger partial charge on any atom is 0.308 e. The van der Waals surface area contributed by atoms with E-state index >= 15 is 0 Å². The topological polar surface area (TPSA) is 199 Å². The molecule has 16 nitrogen and oxygen atoms in total. The standard InChI is InChI=1S/C32H30O16/c1-14(33)39-12-24-28(43-15(2)34)30(45-17(4)36)31(46-18(5)37)32(48-24)47-20-8-6-19(7-9-20)21-11-40-22-10-23-27(42-13-41-23)29(44-16(3)35)25(22)26(21)38/h6-11,24,28,30-32H,12-13H2,1-5H3/t24-,28-,30+,31-,32-/m0/s1. The molecule has 2 aromatic carbocycles. The van der Waals surface area contributed by atoms with Crippen LogP contribution in [0.2, 0.25) is 0 Å². The minimum Gasteiger partial charge on any atom is -0.463 e. The van der Waals surface area contributed by atoms with Gasteiger partial charge in [-0.1, -0.05) is 12.1 Å². The second-order valence-electron chi connectivity index (χ2n) is 10.6. The molecule has 0 saturated carbocycles. The van der Waals surface area contributed by atoms with Crippen LogP contribution in [0.25, 0.3) is 22.1 Å². The van der Waals surface area contributed by atoms with Gasteiger partial charge in [0.2, 0.25) is 30.4 Å². The molecule has 2 aliphatic heterocycles. The molecule has 16 heteroatoms. The van der Waals surface area contributed by atoms with Crippen LogP contribution in [-0.4, -0.2) is 74.0 Å². The van der Waals surface area contributed by atoms with E-state index in [1.165, 1.54) is 43.5 Å². The van der Waals surface area contributed by atoms with E-state index in [1.54, 1.807) is 0 Å². The molecule has 0 unspecified atom stereocenters. The van der Waals surface area contributed by atoms with E-state index in [2.05, 4.69) is 0 Å². The fourth-order valence-corrected chi connectivity index (χ4v) is 5.18. The van der Waals surface area contributed by atoms with Crippen molar-refractivity contribution in [1.82, 2.24) is 0 Å². The number of rotatable bonds is 9. The Morgan fingerprint density at radius 2 is 1.44 bits per heavy atom. The van der Waals surface area contributed by atoms with Gasteiger partial charge in [0.1, 0.15) is 35.7 Å². The fourth-order valence-electron chi connectivity index (χ4n) is 5.18. The molecule has 254 valence electrons. The van der Waals surface area contributed by atoms with Gasteiger partial charge in [-0.2, -0.15) is 0 Å². The van der Waals surface area contributed by atoms with E-state index < -0.39 is 72.6 Å². The lowest BCUT2D eigenvalue weighted by atomic mass is 9.98. The zero-order valence-corrected chi connectivity index (χ0v) is 26.3. The van der Waals surface area contributed by atoms with Gasteiger partial charge in [-0.15, -0.1) is 0 Å². The van der Waals surface area contributed by atoms with E-state index in [1.807, 2.05) is 0 Å². The first-order valence-electron chi connectivity index (χ1n) is 14.5. The lowest BCUT2D eigenvalue weighted by molar-refractivity contribution is -0.288. The number of esters is 5. The van der Waals surface area contributed by atoms with Crippen molar-refractivity contribution in [2.45, 2.75) is 65.3 Å². The average Bonchev–Trinajstić information content (AvgIpc) is 3.47. The average molecular weight is 671 g/mol. The molecule has 0 aliphatic carbocycles. The second kappa shape index (κ2) is 14.0. The molecule has 48 heavy (non-hydrogen) atoms. The van der Waals surface area contributed by atoms with Crippen LogP contribution in [0.3, 0.4) is 0 Å². The molecule has 3 aromatic rings. The third-order valence-corrected chi connectivity index (χ3v) is 6.97. The van der Waals surface area contributed by atoms with Crippen LogP contribution in [0, 0.1) is 0 Å². The van der Waals surface area contributed by atoms with Crippen LogP contribution in [-0.2, 0) is 47.7 Å². The summed E-state index contributed by atoms with van der Waals surface area (Å²) in [5, 5.41) is -0.0372. The summed E-state index contributed by atoms with van der Waals surface area (Å²) in [5.41, 5.74) is 0.0616. The van der Waals surface area contributed by atoms with Crippen LogP contribution in [0.5, 0.6) is 23.0 Å². The van der Waals surface area contributed by atoms with Gasteiger partial charge in [-0.3, -0.25) is 28.8 Å². The fraction of sp³-hybridized carbons (Fsp3) is 0.375. The Labute approximate surface area is 271 Å². The van der Waals surface area contributed by atoms with Crippen LogP contribution in [0.15, 0.2) is 45.8 Å². The van der Waals surface area contributed by atoms with Crippen molar-refractivity contribution in [2.75, 3.05) is 13.4 Å². The second-order valence-corrected chi connectivity index (χ2v) is 10.6. The monoisotopic (exact) mass is 670 g/mol. The Morgan fingerprint density at radius 3 is 2.06 bits per heavy atom. The first-order chi connectivity index (χ1) is 22.8. The van der Waals surface area contributed by atoms with E-state index in [0.717, 1.165) is 27.7 Å². The molecule has 0 radical (unpaired) electrons. The van der Waals surface area contributed by atoms with Crippen molar-refractivity contribution in [1.29, 1.82) is 0 Å². The molecule has 0 bridgehead atoms. The maximum absolute atomic E-state index is 13.7. The predicted octanol–water partition coefficient (Wildman–Crippen LogP) is 2.58. The van der Waals surface area contributed by atoms with E-state index in [4.69, 9.17) is 47.0 Å². The van der Waals surface area contributed by atoms with Gasteiger partial charge >= 0.3 is 29.8 Å². The normalized spacial score (nSPS) is 21.1. The van der Waals surface area contributed by atoms with E-state index in [9.17, 15) is 28.8 Å². The minimum absolute atomic E-state index is 0.0372. The predicted molar refractivity (Wildman–Crippen MR) is 158 cm³/mol. The lowest BCUT2D eigenvalue weighted by Crippen LogP contribution is -2.63. The van der Waals surface area contributed by atoms with E-state index in [0.29, 0.717) is 5.56 Å². The van der Waals surface area contributed by atoms with Gasteiger partial charge in [0.15, 0.2) is 23.7 Å². The van der Waals surface area contributed by atoms with Gasteiger partial charge in [0.05, 0.1) is 5.56 Å². The van der Waals surface area contributed by atoms with Crippen molar-refractivity contribution in [3.8, 4) is 34.1 Å². The number of hydrogen-bond acceptors (Lipinski definition) is 16. The van der Waals surface area contributed by atoms with Crippen LogP contribution in [0.1, 0.15) is 34.6 Å². The summed E-state index contributed by atoms with van der Waals surface area (Å²) in [6.07, 6.45) is -5.64. The zero-order chi connectivity index (χ0) is 34.7. The quantitative estimate of drug-likeness (QED) is 0.183. The van der Waals surface area contributed by atoms with Gasteiger partial charge in [0.25, 0.3) is 0 Å². The van der Waals surface area contributed by atoms with Gasteiger partial charge < -0.3 is 47.0 Å². The van der Waals surface area contributed by atoms with Gasteiger partial charge in [0, 0.05) is 40.7 Å². The molecule has 2 aliphatic rings. The molecular formula is C32H30O16. The molecular weight excluding hydrogens is 640 g/mol. The summed E-state index contributed by atoms with van der Waals surface area (Å²) >= 11 is 0. The Bertz CT molecular complexity index is 1810. The number of fused-ring (bicyclic) bond motifs is 2. The largest absolute Gasteiger partial charge is 0.463 e. The molecule has 5 rings (SSSR count).